The second-order valence-electron chi connectivity index (χ2n) is 4.63. The molecule has 1 fully saturated rings. The highest BCUT2D eigenvalue weighted by atomic mass is 35.5. The molecule has 0 saturated carbocycles. The van der Waals surface area contributed by atoms with Gasteiger partial charge in [0.05, 0.1) is 18.2 Å². The first-order valence-corrected chi connectivity index (χ1v) is 7.05. The topological polar surface area (TPSA) is 80.5 Å². The molecule has 2 rings (SSSR count). The maximum absolute atomic E-state index is 11.9. The number of hydrogen-bond acceptors (Lipinski definition) is 5. The summed E-state index contributed by atoms with van der Waals surface area (Å²) in [6.45, 7) is 5.02. The van der Waals surface area contributed by atoms with Crippen molar-refractivity contribution >= 4 is 23.3 Å². The molecule has 1 amide bonds. The molecule has 0 unspecified atom stereocenters. The maximum atomic E-state index is 11.9. The van der Waals surface area contributed by atoms with Crippen molar-refractivity contribution in [2.45, 2.75) is 6.42 Å². The summed E-state index contributed by atoms with van der Waals surface area (Å²) in [5, 5.41) is 3.12. The summed E-state index contributed by atoms with van der Waals surface area (Å²) in [5.41, 5.74) is 5.73. The molecule has 3 N–H and O–H groups in total. The van der Waals surface area contributed by atoms with Crippen LogP contribution in [0.3, 0.4) is 0 Å². The predicted molar refractivity (Wildman–Crippen MR) is 77.9 cm³/mol. The molecule has 0 aromatic carbocycles. The van der Waals surface area contributed by atoms with Crippen LogP contribution in [0.5, 0.6) is 0 Å². The lowest BCUT2D eigenvalue weighted by molar-refractivity contribution is 0.0374. The zero-order valence-electron chi connectivity index (χ0n) is 11.3. The smallest absolute Gasteiger partial charge is 0.271 e. The van der Waals surface area contributed by atoms with Gasteiger partial charge in [-0.1, -0.05) is 11.6 Å². The largest absolute Gasteiger partial charge is 0.384 e. The Morgan fingerprint density at radius 2 is 2.20 bits per heavy atom. The van der Waals surface area contributed by atoms with Crippen LogP contribution in [-0.2, 0) is 4.74 Å². The van der Waals surface area contributed by atoms with Crippen molar-refractivity contribution < 1.29 is 9.53 Å². The number of amides is 1. The number of nitrogens with zero attached hydrogens (tertiary/aromatic N) is 2. The number of nitrogens with two attached hydrogens (primary N) is 1. The summed E-state index contributed by atoms with van der Waals surface area (Å²) >= 11 is 5.92. The highest BCUT2D eigenvalue weighted by Gasteiger charge is 2.13. The van der Waals surface area contributed by atoms with E-state index in [-0.39, 0.29) is 17.4 Å². The number of hydrogen-bond donors (Lipinski definition) is 2. The lowest BCUT2D eigenvalue weighted by atomic mass is 10.3. The van der Waals surface area contributed by atoms with E-state index in [1.54, 1.807) is 12.1 Å². The molecular weight excluding hydrogens is 280 g/mol. The summed E-state index contributed by atoms with van der Waals surface area (Å²) in [6.07, 6.45) is 0.881. The number of carbonyl (C=O) groups is 1. The highest BCUT2D eigenvalue weighted by Crippen LogP contribution is 2.14. The number of rotatable bonds is 5. The Labute approximate surface area is 123 Å². The standard InChI is InChI=1S/C13H19ClN4O2/c14-10-2-3-11(15)17-12(10)13(19)16-4-1-5-18-6-8-20-9-7-18/h2-3H,1,4-9H2,(H2,15,17)(H,16,19). The van der Waals surface area contributed by atoms with Gasteiger partial charge in [-0.15, -0.1) is 0 Å². The molecule has 1 aliphatic heterocycles. The summed E-state index contributed by atoms with van der Waals surface area (Å²) in [7, 11) is 0. The number of morpholine rings is 1. The van der Waals surface area contributed by atoms with Crippen molar-refractivity contribution in [1.29, 1.82) is 0 Å². The van der Waals surface area contributed by atoms with Crippen molar-refractivity contribution in [3.8, 4) is 0 Å². The number of pyridine rings is 1. The van der Waals surface area contributed by atoms with Gasteiger partial charge < -0.3 is 15.8 Å². The third kappa shape index (κ3) is 4.33. The lowest BCUT2D eigenvalue weighted by Crippen LogP contribution is -2.38. The molecule has 7 heteroatoms. The molecule has 6 nitrogen and oxygen atoms in total. The molecule has 0 atom stereocenters. The molecule has 1 aliphatic rings. The monoisotopic (exact) mass is 298 g/mol. The minimum atomic E-state index is -0.288. The van der Waals surface area contributed by atoms with E-state index in [1.165, 1.54) is 0 Å². The Morgan fingerprint density at radius 1 is 1.45 bits per heavy atom. The Hall–Kier alpha value is -1.37. The summed E-state index contributed by atoms with van der Waals surface area (Å²) < 4.78 is 5.28. The normalized spacial score (nSPS) is 16.1. The summed E-state index contributed by atoms with van der Waals surface area (Å²) in [5.74, 6) is -0.00264. The molecule has 1 aromatic heterocycles. The molecule has 110 valence electrons. The van der Waals surface area contributed by atoms with Gasteiger partial charge >= 0.3 is 0 Å². The average Bonchev–Trinajstić information content (AvgIpc) is 2.47. The van der Waals surface area contributed by atoms with Crippen molar-refractivity contribution in [3.05, 3.63) is 22.8 Å². The van der Waals surface area contributed by atoms with E-state index in [9.17, 15) is 4.79 Å². The minimum absolute atomic E-state index is 0.179. The molecular formula is C13H19ClN4O2. The first-order chi connectivity index (χ1) is 9.66. The number of carbonyl (C=O) groups excluding carboxylic acids is 1. The molecule has 20 heavy (non-hydrogen) atoms. The molecule has 0 radical (unpaired) electrons. The van der Waals surface area contributed by atoms with Gasteiger partial charge in [-0.25, -0.2) is 4.98 Å². The van der Waals surface area contributed by atoms with Gasteiger partial charge in [0.25, 0.3) is 5.91 Å². The molecule has 2 heterocycles. The van der Waals surface area contributed by atoms with Gasteiger partial charge in [0.15, 0.2) is 0 Å². The van der Waals surface area contributed by atoms with E-state index in [0.29, 0.717) is 11.6 Å². The molecule has 1 saturated heterocycles. The molecule has 1 aromatic rings. The number of nitrogens with one attached hydrogen (secondary N) is 1. The second kappa shape index (κ2) is 7.42. The van der Waals surface area contributed by atoms with Crippen LogP contribution in [0.1, 0.15) is 16.9 Å². The van der Waals surface area contributed by atoms with Gasteiger partial charge in [0, 0.05) is 19.6 Å². The van der Waals surface area contributed by atoms with Gasteiger partial charge in [-0.2, -0.15) is 0 Å². The summed E-state index contributed by atoms with van der Waals surface area (Å²) in [6, 6.07) is 3.14. The third-order valence-corrected chi connectivity index (χ3v) is 3.43. The Bertz CT molecular complexity index is 464. The minimum Gasteiger partial charge on any atom is -0.384 e. The van der Waals surface area contributed by atoms with Gasteiger partial charge in [-0.05, 0) is 25.1 Å². The first-order valence-electron chi connectivity index (χ1n) is 6.67. The van der Waals surface area contributed by atoms with Crippen molar-refractivity contribution in [2.75, 3.05) is 45.1 Å². The van der Waals surface area contributed by atoms with Crippen LogP contribution in [-0.4, -0.2) is 55.2 Å². The fourth-order valence-electron chi connectivity index (χ4n) is 2.03. The van der Waals surface area contributed by atoms with Crippen molar-refractivity contribution in [1.82, 2.24) is 15.2 Å². The lowest BCUT2D eigenvalue weighted by Gasteiger charge is -2.26. The number of halogens is 1. The first kappa shape index (κ1) is 15.0. The average molecular weight is 299 g/mol. The molecule has 0 spiro atoms. The van der Waals surface area contributed by atoms with Crippen molar-refractivity contribution in [2.24, 2.45) is 0 Å². The van der Waals surface area contributed by atoms with Gasteiger partial charge in [0.1, 0.15) is 11.5 Å². The SMILES string of the molecule is Nc1ccc(Cl)c(C(=O)NCCCN2CCOCC2)n1. The summed E-state index contributed by atoms with van der Waals surface area (Å²) in [4.78, 5) is 18.2. The highest BCUT2D eigenvalue weighted by molar-refractivity contribution is 6.33. The third-order valence-electron chi connectivity index (χ3n) is 3.12. The Morgan fingerprint density at radius 3 is 2.95 bits per heavy atom. The number of anilines is 1. The Kier molecular flexibility index (Phi) is 5.58. The number of ether oxygens (including phenoxy) is 1. The quantitative estimate of drug-likeness (QED) is 0.785. The number of nitrogen functional groups attached to an aromatic ring is 1. The Balaban J connectivity index is 1.73. The van der Waals surface area contributed by atoms with E-state index in [4.69, 9.17) is 22.1 Å². The zero-order chi connectivity index (χ0) is 14.4. The zero-order valence-corrected chi connectivity index (χ0v) is 12.0. The maximum Gasteiger partial charge on any atom is 0.271 e. The van der Waals surface area contributed by atoms with Crippen LogP contribution < -0.4 is 11.1 Å². The number of aromatic nitrogens is 1. The fourth-order valence-corrected chi connectivity index (χ4v) is 2.22. The van der Waals surface area contributed by atoms with E-state index in [2.05, 4.69) is 15.2 Å². The van der Waals surface area contributed by atoms with E-state index in [1.807, 2.05) is 0 Å². The van der Waals surface area contributed by atoms with Crippen LogP contribution in [0.4, 0.5) is 5.82 Å². The predicted octanol–water partition coefficient (Wildman–Crippen LogP) is 0.769. The van der Waals surface area contributed by atoms with Crippen LogP contribution in [0.15, 0.2) is 12.1 Å². The van der Waals surface area contributed by atoms with Crippen LogP contribution in [0.25, 0.3) is 0 Å². The molecule has 0 bridgehead atoms. The van der Waals surface area contributed by atoms with Crippen LogP contribution in [0.2, 0.25) is 5.02 Å². The van der Waals surface area contributed by atoms with E-state index in [0.717, 1.165) is 39.3 Å². The van der Waals surface area contributed by atoms with Gasteiger partial charge in [-0.3, -0.25) is 9.69 Å². The van der Waals surface area contributed by atoms with Crippen LogP contribution >= 0.6 is 11.6 Å². The van der Waals surface area contributed by atoms with Gasteiger partial charge in [0.2, 0.25) is 0 Å². The second-order valence-corrected chi connectivity index (χ2v) is 5.04. The molecule has 0 aliphatic carbocycles. The fraction of sp³-hybridized carbons (Fsp3) is 0.538. The van der Waals surface area contributed by atoms with E-state index < -0.39 is 0 Å². The van der Waals surface area contributed by atoms with Crippen LogP contribution in [0, 0.1) is 0 Å². The van der Waals surface area contributed by atoms with Crippen molar-refractivity contribution in [3.63, 3.8) is 0 Å². The van der Waals surface area contributed by atoms with E-state index >= 15 is 0 Å².